The van der Waals surface area contributed by atoms with E-state index in [9.17, 15) is 8.78 Å². The van der Waals surface area contributed by atoms with Crippen LogP contribution in [0.3, 0.4) is 0 Å². The van der Waals surface area contributed by atoms with E-state index in [1.54, 1.807) is 18.8 Å². The Labute approximate surface area is 104 Å². The van der Waals surface area contributed by atoms with Gasteiger partial charge in [-0.1, -0.05) is 6.92 Å². The van der Waals surface area contributed by atoms with Gasteiger partial charge in [0.15, 0.2) is 0 Å². The van der Waals surface area contributed by atoms with E-state index in [0.717, 1.165) is 12.2 Å². The highest BCUT2D eigenvalue weighted by atomic mass is 32.2. The number of rotatable bonds is 7. The van der Waals surface area contributed by atoms with Crippen molar-refractivity contribution in [3.63, 3.8) is 0 Å². The van der Waals surface area contributed by atoms with E-state index in [2.05, 4.69) is 22.2 Å². The smallest absolute Gasteiger partial charge is 0.280 e. The summed E-state index contributed by atoms with van der Waals surface area (Å²) >= 11 is 1.66. The fourth-order valence-corrected chi connectivity index (χ4v) is 2.11. The third kappa shape index (κ3) is 4.55. The van der Waals surface area contributed by atoms with Crippen LogP contribution in [0.2, 0.25) is 0 Å². The van der Waals surface area contributed by atoms with Crippen molar-refractivity contribution in [1.82, 2.24) is 15.3 Å². The highest BCUT2D eigenvalue weighted by molar-refractivity contribution is 7.98. The van der Waals surface area contributed by atoms with Crippen molar-refractivity contribution in [3.05, 3.63) is 23.3 Å². The Balaban J connectivity index is 2.78. The van der Waals surface area contributed by atoms with Crippen molar-refractivity contribution >= 4 is 11.8 Å². The van der Waals surface area contributed by atoms with E-state index >= 15 is 0 Å². The van der Waals surface area contributed by atoms with Crippen molar-refractivity contribution in [1.29, 1.82) is 0 Å². The molecule has 0 unspecified atom stereocenters. The van der Waals surface area contributed by atoms with E-state index in [1.807, 2.05) is 0 Å². The highest BCUT2D eigenvalue weighted by Gasteiger charge is 2.15. The number of aromatic nitrogens is 2. The third-order valence-electron chi connectivity index (χ3n) is 2.10. The van der Waals surface area contributed by atoms with Gasteiger partial charge in [0.05, 0.1) is 5.75 Å². The Bertz CT molecular complexity index is 347. The summed E-state index contributed by atoms with van der Waals surface area (Å²) in [5.74, 6) is 2.07. The molecular formula is C11H17F2N3S. The lowest BCUT2D eigenvalue weighted by molar-refractivity contribution is 0.144. The number of hydrogen-bond donors (Lipinski definition) is 1. The number of alkyl halides is 2. The molecule has 1 aromatic rings. The average molecular weight is 261 g/mol. The first kappa shape index (κ1) is 14.3. The molecule has 0 bridgehead atoms. The quantitative estimate of drug-likeness (QED) is 0.766. The Morgan fingerprint density at radius 3 is 2.82 bits per heavy atom. The third-order valence-corrected chi connectivity index (χ3v) is 3.26. The highest BCUT2D eigenvalue weighted by Crippen LogP contribution is 2.21. The van der Waals surface area contributed by atoms with E-state index in [-0.39, 0.29) is 5.69 Å². The summed E-state index contributed by atoms with van der Waals surface area (Å²) in [6, 6.07) is 0. The SMILES string of the molecule is CCCSCc1ncc(CNC)c(C(F)F)n1. The molecule has 1 heterocycles. The first-order valence-corrected chi connectivity index (χ1v) is 6.69. The molecule has 1 N–H and O–H groups in total. The van der Waals surface area contributed by atoms with Crippen molar-refractivity contribution < 1.29 is 8.78 Å². The van der Waals surface area contributed by atoms with Gasteiger partial charge in [-0.25, -0.2) is 18.7 Å². The molecule has 0 fully saturated rings. The molecule has 0 aliphatic rings. The average Bonchev–Trinajstić information content (AvgIpc) is 2.31. The zero-order valence-corrected chi connectivity index (χ0v) is 10.9. The van der Waals surface area contributed by atoms with E-state index in [1.165, 1.54) is 6.20 Å². The van der Waals surface area contributed by atoms with Gasteiger partial charge in [0.25, 0.3) is 6.43 Å². The lowest BCUT2D eigenvalue weighted by atomic mass is 10.2. The molecule has 3 nitrogen and oxygen atoms in total. The number of thioether (sulfide) groups is 1. The second-order valence-electron chi connectivity index (χ2n) is 3.58. The summed E-state index contributed by atoms with van der Waals surface area (Å²) in [6.07, 6.45) is 0.00751. The van der Waals surface area contributed by atoms with Crippen LogP contribution in [-0.2, 0) is 12.3 Å². The molecule has 0 saturated carbocycles. The second kappa shape index (κ2) is 7.55. The van der Waals surface area contributed by atoms with Crippen LogP contribution in [0.15, 0.2) is 6.20 Å². The molecule has 17 heavy (non-hydrogen) atoms. The molecule has 96 valence electrons. The molecule has 0 radical (unpaired) electrons. The number of nitrogens with one attached hydrogen (secondary N) is 1. The normalized spacial score (nSPS) is 11.1. The molecule has 1 aromatic heterocycles. The predicted molar refractivity (Wildman–Crippen MR) is 66.2 cm³/mol. The number of halogens is 2. The second-order valence-corrected chi connectivity index (χ2v) is 4.69. The molecule has 0 aliphatic carbocycles. The minimum Gasteiger partial charge on any atom is -0.316 e. The molecule has 0 aromatic carbocycles. The van der Waals surface area contributed by atoms with Gasteiger partial charge in [-0.3, -0.25) is 0 Å². The summed E-state index contributed by atoms with van der Waals surface area (Å²) in [5.41, 5.74) is 0.313. The number of nitrogens with zero attached hydrogens (tertiary/aromatic N) is 2. The molecule has 1 rings (SSSR count). The monoisotopic (exact) mass is 261 g/mol. The van der Waals surface area contributed by atoms with Crippen LogP contribution in [0, 0.1) is 0 Å². The Kier molecular flexibility index (Phi) is 6.36. The van der Waals surface area contributed by atoms with E-state index in [4.69, 9.17) is 0 Å². The van der Waals surface area contributed by atoms with Crippen LogP contribution in [0.1, 0.15) is 36.9 Å². The van der Waals surface area contributed by atoms with Crippen molar-refractivity contribution in [2.75, 3.05) is 12.8 Å². The van der Waals surface area contributed by atoms with Gasteiger partial charge in [-0.2, -0.15) is 11.8 Å². The van der Waals surface area contributed by atoms with Gasteiger partial charge in [-0.15, -0.1) is 0 Å². The van der Waals surface area contributed by atoms with Gasteiger partial charge >= 0.3 is 0 Å². The van der Waals surface area contributed by atoms with Crippen molar-refractivity contribution in [2.24, 2.45) is 0 Å². The zero-order chi connectivity index (χ0) is 12.7. The zero-order valence-electron chi connectivity index (χ0n) is 10.0. The molecule has 0 amide bonds. The first-order valence-electron chi connectivity index (χ1n) is 5.54. The lowest BCUT2D eigenvalue weighted by Crippen LogP contribution is -2.11. The van der Waals surface area contributed by atoms with Crippen LogP contribution in [0.4, 0.5) is 8.78 Å². The summed E-state index contributed by atoms with van der Waals surface area (Å²) in [6.45, 7) is 2.44. The minimum atomic E-state index is -2.55. The fraction of sp³-hybridized carbons (Fsp3) is 0.636. The molecular weight excluding hydrogens is 244 g/mol. The molecule has 0 atom stereocenters. The summed E-state index contributed by atoms with van der Waals surface area (Å²) in [4.78, 5) is 8.05. The van der Waals surface area contributed by atoms with Crippen LogP contribution in [0.25, 0.3) is 0 Å². The fourth-order valence-electron chi connectivity index (χ4n) is 1.35. The van der Waals surface area contributed by atoms with Gasteiger partial charge < -0.3 is 5.32 Å². The van der Waals surface area contributed by atoms with Crippen LogP contribution < -0.4 is 5.32 Å². The largest absolute Gasteiger partial charge is 0.316 e. The maximum absolute atomic E-state index is 12.8. The van der Waals surface area contributed by atoms with Crippen LogP contribution in [-0.4, -0.2) is 22.8 Å². The predicted octanol–water partition coefficient (Wildman–Crippen LogP) is 2.78. The van der Waals surface area contributed by atoms with Gasteiger partial charge in [0.1, 0.15) is 11.5 Å². The van der Waals surface area contributed by atoms with Gasteiger partial charge in [0, 0.05) is 18.3 Å². The standard InChI is InChI=1S/C11H17F2N3S/c1-3-4-17-7-9-15-6-8(5-14-2)10(16-9)11(12)13/h6,11,14H,3-5,7H2,1-2H3. The Morgan fingerprint density at radius 1 is 1.47 bits per heavy atom. The van der Waals surface area contributed by atoms with Crippen LogP contribution >= 0.6 is 11.8 Å². The van der Waals surface area contributed by atoms with E-state index < -0.39 is 6.43 Å². The van der Waals surface area contributed by atoms with Gasteiger partial charge in [0.2, 0.25) is 0 Å². The number of hydrogen-bond acceptors (Lipinski definition) is 4. The Hall–Kier alpha value is -0.750. The lowest BCUT2D eigenvalue weighted by Gasteiger charge is -2.08. The van der Waals surface area contributed by atoms with Crippen LogP contribution in [0.5, 0.6) is 0 Å². The minimum absolute atomic E-state index is 0.151. The van der Waals surface area contributed by atoms with E-state index in [0.29, 0.717) is 23.7 Å². The maximum atomic E-state index is 12.8. The van der Waals surface area contributed by atoms with Crippen molar-refractivity contribution in [2.45, 2.75) is 32.1 Å². The molecule has 0 aliphatic heterocycles. The first-order chi connectivity index (χ1) is 8.19. The summed E-state index contributed by atoms with van der Waals surface area (Å²) in [7, 11) is 1.71. The summed E-state index contributed by atoms with van der Waals surface area (Å²) < 4.78 is 25.6. The molecule has 0 saturated heterocycles. The molecule has 6 heteroatoms. The molecule has 0 spiro atoms. The maximum Gasteiger partial charge on any atom is 0.280 e. The van der Waals surface area contributed by atoms with Crippen molar-refractivity contribution in [3.8, 4) is 0 Å². The summed E-state index contributed by atoms with van der Waals surface area (Å²) in [5, 5.41) is 2.83. The van der Waals surface area contributed by atoms with Gasteiger partial charge in [-0.05, 0) is 19.2 Å². The topological polar surface area (TPSA) is 37.8 Å². The Morgan fingerprint density at radius 2 is 2.24 bits per heavy atom.